The van der Waals surface area contributed by atoms with E-state index >= 15 is 0 Å². The van der Waals surface area contributed by atoms with Gasteiger partial charge in [-0.25, -0.2) is 0 Å². The number of aromatic nitrogens is 1. The molecule has 0 radical (unpaired) electrons. The molecule has 0 unspecified atom stereocenters. The summed E-state index contributed by atoms with van der Waals surface area (Å²) in [6.45, 7) is 0. The summed E-state index contributed by atoms with van der Waals surface area (Å²) < 4.78 is 2.27. The molecule has 0 N–H and O–H groups in total. The molecule has 1 aliphatic heterocycles. The second kappa shape index (κ2) is 10.5. The first-order valence-corrected chi connectivity index (χ1v) is 14.7. The Balaban J connectivity index is 1.17. The maximum Gasteiger partial charge on any atom is 0.213 e. The zero-order chi connectivity index (χ0) is 27.9. The van der Waals surface area contributed by atoms with Crippen molar-refractivity contribution in [1.29, 1.82) is 0 Å². The number of nitrogens with zero attached hydrogens (tertiary/aromatic N) is 2. The molecular formula is C38H32ClN2+. The fourth-order valence-corrected chi connectivity index (χ4v) is 6.57. The molecule has 5 aromatic rings. The van der Waals surface area contributed by atoms with Crippen LogP contribution in [0.1, 0.15) is 30.5 Å². The Morgan fingerprint density at radius 3 is 2.34 bits per heavy atom. The van der Waals surface area contributed by atoms with E-state index in [1.807, 2.05) is 0 Å². The summed E-state index contributed by atoms with van der Waals surface area (Å²) in [4.78, 5) is 2.27. The first kappa shape index (κ1) is 25.6. The van der Waals surface area contributed by atoms with E-state index < -0.39 is 0 Å². The van der Waals surface area contributed by atoms with Gasteiger partial charge in [0, 0.05) is 47.2 Å². The third-order valence-corrected chi connectivity index (χ3v) is 9.09. The first-order chi connectivity index (χ1) is 20.1. The summed E-state index contributed by atoms with van der Waals surface area (Å²) in [7, 11) is 4.28. The van der Waals surface area contributed by atoms with E-state index in [4.69, 9.17) is 11.6 Å². The Morgan fingerprint density at radius 2 is 1.49 bits per heavy atom. The summed E-state index contributed by atoms with van der Waals surface area (Å²) >= 11 is 7.01. The lowest BCUT2D eigenvalue weighted by Crippen LogP contribution is -2.32. The molecule has 0 atom stereocenters. The first-order valence-electron chi connectivity index (χ1n) is 14.3. The van der Waals surface area contributed by atoms with E-state index in [0.717, 1.165) is 35.7 Å². The van der Waals surface area contributed by atoms with Gasteiger partial charge in [0.2, 0.25) is 11.2 Å². The van der Waals surface area contributed by atoms with Crippen LogP contribution in [0.4, 0.5) is 5.69 Å². The van der Waals surface area contributed by atoms with Crippen molar-refractivity contribution in [2.45, 2.75) is 19.3 Å². The van der Waals surface area contributed by atoms with Crippen LogP contribution in [0.15, 0.2) is 131 Å². The van der Waals surface area contributed by atoms with Crippen molar-refractivity contribution in [3.8, 4) is 0 Å². The molecule has 0 saturated carbocycles. The van der Waals surface area contributed by atoms with Crippen molar-refractivity contribution in [1.82, 2.24) is 0 Å². The second-order valence-electron chi connectivity index (χ2n) is 11.0. The Labute approximate surface area is 246 Å². The van der Waals surface area contributed by atoms with Gasteiger partial charge in [-0.1, -0.05) is 84.4 Å². The molecule has 200 valence electrons. The van der Waals surface area contributed by atoms with E-state index in [1.165, 1.54) is 54.8 Å². The van der Waals surface area contributed by atoms with E-state index in [1.54, 1.807) is 0 Å². The summed E-state index contributed by atoms with van der Waals surface area (Å²) in [5.74, 6) is 0. The third-order valence-electron chi connectivity index (χ3n) is 8.60. The molecule has 2 nitrogen and oxygen atoms in total. The van der Waals surface area contributed by atoms with Crippen molar-refractivity contribution in [3.05, 3.63) is 142 Å². The van der Waals surface area contributed by atoms with Crippen LogP contribution in [-0.4, -0.2) is 7.05 Å². The minimum atomic E-state index is 0.882. The third kappa shape index (κ3) is 4.59. The van der Waals surface area contributed by atoms with Crippen LogP contribution >= 0.6 is 11.6 Å². The Kier molecular flexibility index (Phi) is 6.57. The molecule has 0 fully saturated rings. The second-order valence-corrected chi connectivity index (χ2v) is 11.3. The smallest absolute Gasteiger partial charge is 0.213 e. The van der Waals surface area contributed by atoms with Crippen LogP contribution in [0.25, 0.3) is 44.6 Å². The molecule has 0 spiro atoms. The van der Waals surface area contributed by atoms with Gasteiger partial charge in [-0.2, -0.15) is 4.57 Å². The van der Waals surface area contributed by atoms with Gasteiger partial charge in [0.15, 0.2) is 0 Å². The van der Waals surface area contributed by atoms with Gasteiger partial charge in [-0.05, 0) is 82.3 Å². The number of benzene rings is 4. The normalized spacial score (nSPS) is 17.6. The highest BCUT2D eigenvalue weighted by atomic mass is 35.5. The lowest BCUT2D eigenvalue weighted by atomic mass is 9.93. The largest absolute Gasteiger partial charge is 0.344 e. The topological polar surface area (TPSA) is 7.12 Å². The fourth-order valence-electron chi connectivity index (χ4n) is 6.26. The maximum atomic E-state index is 7.01. The molecule has 2 aliphatic rings. The van der Waals surface area contributed by atoms with Gasteiger partial charge in [-0.3, -0.25) is 0 Å². The van der Waals surface area contributed by atoms with E-state index in [-0.39, 0.29) is 0 Å². The molecule has 0 saturated heterocycles. The molecule has 0 amide bonds. The van der Waals surface area contributed by atoms with Crippen LogP contribution in [-0.2, 0) is 7.05 Å². The average molecular weight is 552 g/mol. The number of fused-ring (bicyclic) bond motifs is 6. The SMILES string of the molecule is CN1/C(=C/C=C2\CCCC(/C=C/c3ccc4c5ccccc5ccc4[n+]3C)=C2Cl)C=Cc2c1ccc1ccccc21. The van der Waals surface area contributed by atoms with Gasteiger partial charge in [-0.15, -0.1) is 0 Å². The lowest BCUT2D eigenvalue weighted by Gasteiger charge is -2.27. The number of hydrogen-bond donors (Lipinski definition) is 0. The fraction of sp³-hybridized carbons (Fsp3) is 0.132. The number of rotatable bonds is 3. The van der Waals surface area contributed by atoms with Gasteiger partial charge >= 0.3 is 0 Å². The number of likely N-dealkylation sites (N-methyl/N-ethyl adjacent to an activating group) is 1. The molecule has 1 aromatic heterocycles. The van der Waals surface area contributed by atoms with Gasteiger partial charge in [0.25, 0.3) is 0 Å². The highest BCUT2D eigenvalue weighted by molar-refractivity contribution is 6.32. The van der Waals surface area contributed by atoms with Crippen molar-refractivity contribution < 1.29 is 4.57 Å². The summed E-state index contributed by atoms with van der Waals surface area (Å²) in [6, 6.07) is 30.4. The number of anilines is 1. The Bertz CT molecular complexity index is 2000. The molecule has 7 rings (SSSR count). The van der Waals surface area contributed by atoms with Crippen molar-refractivity contribution in [3.63, 3.8) is 0 Å². The highest BCUT2D eigenvalue weighted by Crippen LogP contribution is 2.37. The molecule has 0 bridgehead atoms. The van der Waals surface area contributed by atoms with Crippen LogP contribution in [0.3, 0.4) is 0 Å². The van der Waals surface area contributed by atoms with E-state index in [9.17, 15) is 0 Å². The number of pyridine rings is 1. The van der Waals surface area contributed by atoms with E-state index in [0.29, 0.717) is 0 Å². The van der Waals surface area contributed by atoms with Crippen LogP contribution in [0, 0.1) is 0 Å². The number of aryl methyl sites for hydroxylation is 1. The molecule has 41 heavy (non-hydrogen) atoms. The van der Waals surface area contributed by atoms with Crippen LogP contribution < -0.4 is 9.47 Å². The number of allylic oxidation sites excluding steroid dienone is 7. The molecule has 2 heterocycles. The number of halogens is 1. The van der Waals surface area contributed by atoms with Crippen molar-refractivity contribution in [2.75, 3.05) is 11.9 Å². The highest BCUT2D eigenvalue weighted by Gasteiger charge is 2.18. The van der Waals surface area contributed by atoms with Crippen LogP contribution in [0.2, 0.25) is 0 Å². The van der Waals surface area contributed by atoms with Crippen molar-refractivity contribution >= 4 is 61.9 Å². The summed E-state index contributed by atoms with van der Waals surface area (Å²) in [5, 5.41) is 7.26. The lowest BCUT2D eigenvalue weighted by molar-refractivity contribution is -0.646. The van der Waals surface area contributed by atoms with E-state index in [2.05, 4.69) is 145 Å². The molecular weight excluding hydrogens is 520 g/mol. The van der Waals surface area contributed by atoms with Crippen molar-refractivity contribution in [2.24, 2.45) is 7.05 Å². The Morgan fingerprint density at radius 1 is 0.732 bits per heavy atom. The minimum absolute atomic E-state index is 0.882. The van der Waals surface area contributed by atoms with Gasteiger partial charge < -0.3 is 4.90 Å². The zero-order valence-corrected chi connectivity index (χ0v) is 24.2. The Hall–Kier alpha value is -4.40. The minimum Gasteiger partial charge on any atom is -0.344 e. The zero-order valence-electron chi connectivity index (χ0n) is 23.4. The quantitative estimate of drug-likeness (QED) is 0.160. The van der Waals surface area contributed by atoms with Crippen LogP contribution in [0.5, 0.6) is 0 Å². The summed E-state index contributed by atoms with van der Waals surface area (Å²) in [5.41, 5.74) is 8.43. The average Bonchev–Trinajstić information content (AvgIpc) is 3.01. The van der Waals surface area contributed by atoms with Gasteiger partial charge in [0.1, 0.15) is 7.05 Å². The maximum absolute atomic E-state index is 7.01. The molecule has 1 aliphatic carbocycles. The standard InChI is InChI=1S/C38H32ClN2/c1-40-30(20-22-34-32-12-5-3-8-26(32)16-24-36(34)40)18-14-28-10-7-11-29(38(28)39)15-19-31-21-23-35-33-13-6-4-9-27(33)17-25-37(35)41(31)2/h3-6,8-9,12-25H,7,10-11H2,1-2H3/q+1. The summed E-state index contributed by atoms with van der Waals surface area (Å²) in [6.07, 6.45) is 16.3. The molecule has 3 heteroatoms. The van der Waals surface area contributed by atoms with Gasteiger partial charge in [0.05, 0.1) is 5.39 Å². The predicted molar refractivity (Wildman–Crippen MR) is 176 cm³/mol. The monoisotopic (exact) mass is 551 g/mol. The predicted octanol–water partition coefficient (Wildman–Crippen LogP) is 9.63. The number of hydrogen-bond acceptors (Lipinski definition) is 1. The molecule has 4 aromatic carbocycles.